The highest BCUT2D eigenvalue weighted by molar-refractivity contribution is 6.10. The average Bonchev–Trinajstić information content (AvgIpc) is 2.97. The number of hydrogen-bond donors (Lipinski definition) is 1. The third-order valence-corrected chi connectivity index (χ3v) is 5.93. The fourth-order valence-electron chi connectivity index (χ4n) is 3.90. The summed E-state index contributed by atoms with van der Waals surface area (Å²) >= 11 is 0. The topological polar surface area (TPSA) is 76.7 Å². The summed E-state index contributed by atoms with van der Waals surface area (Å²) in [6.45, 7) is 9.09. The van der Waals surface area contributed by atoms with Crippen molar-refractivity contribution in [2.24, 2.45) is 11.3 Å². The maximum atomic E-state index is 12.9. The van der Waals surface area contributed by atoms with Crippen molar-refractivity contribution in [3.63, 3.8) is 0 Å². The average molecular weight is 344 g/mol. The summed E-state index contributed by atoms with van der Waals surface area (Å²) < 4.78 is 11.4. The molecule has 134 valence electrons. The number of aliphatic hydroxyl groups is 1. The Hall–Kier alpha value is -2.14. The number of fused-ring (bicyclic) bond motifs is 2. The minimum Gasteiger partial charge on any atom is -0.460 e. The summed E-state index contributed by atoms with van der Waals surface area (Å²) in [5.41, 5.74) is 1.63. The van der Waals surface area contributed by atoms with E-state index in [1.807, 2.05) is 20.8 Å². The Balaban J connectivity index is 2.20. The third-order valence-electron chi connectivity index (χ3n) is 5.93. The number of rotatable bonds is 2. The number of aryl methyl sites for hydroxylation is 1. The van der Waals surface area contributed by atoms with Crippen LogP contribution in [0, 0.1) is 18.3 Å². The van der Waals surface area contributed by atoms with Gasteiger partial charge in [0.1, 0.15) is 6.10 Å². The molecular formula is C20H24O5. The lowest BCUT2D eigenvalue weighted by atomic mass is 9.57. The van der Waals surface area contributed by atoms with E-state index < -0.39 is 23.6 Å². The maximum Gasteiger partial charge on any atom is 0.334 e. The second kappa shape index (κ2) is 5.99. The first-order chi connectivity index (χ1) is 11.7. The van der Waals surface area contributed by atoms with Crippen LogP contribution < -0.4 is 0 Å². The van der Waals surface area contributed by atoms with Crippen molar-refractivity contribution in [2.45, 2.75) is 53.2 Å². The molecule has 5 heteroatoms. The molecule has 0 saturated carbocycles. The second-order valence-corrected chi connectivity index (χ2v) is 7.24. The van der Waals surface area contributed by atoms with E-state index in [0.29, 0.717) is 23.1 Å². The monoisotopic (exact) mass is 344 g/mol. The van der Waals surface area contributed by atoms with Gasteiger partial charge in [0.05, 0.1) is 12.4 Å². The van der Waals surface area contributed by atoms with E-state index in [9.17, 15) is 14.7 Å². The van der Waals surface area contributed by atoms with Crippen LogP contribution in [-0.2, 0) is 9.53 Å². The van der Waals surface area contributed by atoms with Gasteiger partial charge in [-0.25, -0.2) is 4.79 Å². The van der Waals surface area contributed by atoms with Gasteiger partial charge >= 0.3 is 5.97 Å². The molecule has 5 nitrogen and oxygen atoms in total. The molecule has 1 aromatic heterocycles. The van der Waals surface area contributed by atoms with E-state index in [-0.39, 0.29) is 17.5 Å². The van der Waals surface area contributed by atoms with Gasteiger partial charge < -0.3 is 14.3 Å². The van der Waals surface area contributed by atoms with Crippen LogP contribution in [0.25, 0.3) is 0 Å². The van der Waals surface area contributed by atoms with Gasteiger partial charge in [-0.15, -0.1) is 0 Å². The Kier molecular flexibility index (Phi) is 4.23. The number of carbonyl (C=O) groups excluding carboxylic acids is 2. The fourth-order valence-corrected chi connectivity index (χ4v) is 3.90. The molecule has 0 spiro atoms. The lowest BCUT2D eigenvalue weighted by Gasteiger charge is -2.49. The first-order valence-corrected chi connectivity index (χ1v) is 8.58. The number of allylic oxidation sites excluding steroid dienone is 1. The number of hydrogen-bond acceptors (Lipinski definition) is 5. The quantitative estimate of drug-likeness (QED) is 0.654. The lowest BCUT2D eigenvalue weighted by molar-refractivity contribution is -0.155. The van der Waals surface area contributed by atoms with Crippen LogP contribution in [0.1, 0.15) is 61.9 Å². The smallest absolute Gasteiger partial charge is 0.334 e. The number of ketones is 1. The standard InChI is InChI=1S/C20H24O5/c1-6-10(2)19(23)25-18-15-11(3)9-24-17(15)16(22)13-7-8-14(21)12(4)20(13,18)5/h6-7,9,12,14,18,21H,8H2,1-5H3/b10-6+/t12-,14-,18+,20+/m0/s1. The first-order valence-electron chi connectivity index (χ1n) is 8.58. The Morgan fingerprint density at radius 3 is 2.80 bits per heavy atom. The van der Waals surface area contributed by atoms with Gasteiger partial charge in [-0.2, -0.15) is 0 Å². The molecular weight excluding hydrogens is 320 g/mol. The largest absolute Gasteiger partial charge is 0.460 e. The molecule has 2 aliphatic carbocycles. The highest BCUT2D eigenvalue weighted by Gasteiger charge is 2.57. The normalized spacial score (nSPS) is 31.9. The highest BCUT2D eigenvalue weighted by Crippen LogP contribution is 2.57. The molecule has 1 heterocycles. The Morgan fingerprint density at radius 1 is 1.48 bits per heavy atom. The van der Waals surface area contributed by atoms with Gasteiger partial charge in [-0.3, -0.25) is 4.79 Å². The minimum absolute atomic E-state index is 0.181. The molecule has 1 aromatic rings. The Labute approximate surface area is 147 Å². The summed E-state index contributed by atoms with van der Waals surface area (Å²) in [6, 6.07) is 0. The lowest BCUT2D eigenvalue weighted by Crippen LogP contribution is -2.49. The van der Waals surface area contributed by atoms with Crippen molar-refractivity contribution in [3.8, 4) is 0 Å². The molecule has 0 aliphatic heterocycles. The fraction of sp³-hybridized carbons (Fsp3) is 0.500. The van der Waals surface area contributed by atoms with E-state index in [0.717, 1.165) is 5.56 Å². The number of aliphatic hydroxyl groups excluding tert-OH is 1. The molecule has 1 N–H and O–H groups in total. The SMILES string of the molecule is C/C=C(\C)C(=O)O[C@@H]1c2c(C)coc2C(=O)C2=CC[C@H](O)[C@H](C)[C@]21C. The van der Waals surface area contributed by atoms with Gasteiger partial charge in [0.25, 0.3) is 0 Å². The first kappa shape index (κ1) is 17.7. The summed E-state index contributed by atoms with van der Waals surface area (Å²) in [5.74, 6) is -0.621. The van der Waals surface area contributed by atoms with Gasteiger partial charge in [-0.05, 0) is 38.7 Å². The molecule has 4 atom stereocenters. The van der Waals surface area contributed by atoms with E-state index in [1.54, 1.807) is 26.0 Å². The van der Waals surface area contributed by atoms with Crippen molar-refractivity contribution in [1.82, 2.24) is 0 Å². The van der Waals surface area contributed by atoms with Crippen LogP contribution in [0.3, 0.4) is 0 Å². The van der Waals surface area contributed by atoms with E-state index in [4.69, 9.17) is 9.15 Å². The molecule has 2 aliphatic rings. The maximum absolute atomic E-state index is 12.9. The van der Waals surface area contributed by atoms with Crippen molar-refractivity contribution in [1.29, 1.82) is 0 Å². The molecule has 25 heavy (non-hydrogen) atoms. The third kappa shape index (κ3) is 2.41. The van der Waals surface area contributed by atoms with Crippen LogP contribution in [-0.4, -0.2) is 23.0 Å². The van der Waals surface area contributed by atoms with Crippen LogP contribution in [0.5, 0.6) is 0 Å². The van der Waals surface area contributed by atoms with Gasteiger partial charge in [0.2, 0.25) is 5.78 Å². The Morgan fingerprint density at radius 2 is 2.16 bits per heavy atom. The molecule has 0 unspecified atom stereocenters. The van der Waals surface area contributed by atoms with Crippen LogP contribution in [0.15, 0.2) is 34.0 Å². The molecule has 3 rings (SSSR count). The Bertz CT molecular complexity index is 797. The number of Topliss-reactive ketones (excluding diaryl/α,β-unsaturated/α-hetero) is 1. The van der Waals surface area contributed by atoms with E-state index in [1.165, 1.54) is 6.26 Å². The van der Waals surface area contributed by atoms with Crippen molar-refractivity contribution >= 4 is 11.8 Å². The zero-order valence-electron chi connectivity index (χ0n) is 15.3. The van der Waals surface area contributed by atoms with E-state index >= 15 is 0 Å². The number of ether oxygens (including phenoxy) is 1. The molecule has 0 aromatic carbocycles. The summed E-state index contributed by atoms with van der Waals surface area (Å²) in [4.78, 5) is 25.4. The van der Waals surface area contributed by atoms with Crippen LogP contribution >= 0.6 is 0 Å². The molecule has 0 fully saturated rings. The zero-order chi connectivity index (χ0) is 18.5. The number of furan rings is 1. The molecule has 0 radical (unpaired) electrons. The van der Waals surface area contributed by atoms with E-state index in [2.05, 4.69) is 0 Å². The summed E-state index contributed by atoms with van der Waals surface area (Å²) in [5, 5.41) is 10.4. The number of esters is 1. The van der Waals surface area contributed by atoms with Gasteiger partial charge in [-0.1, -0.05) is 26.0 Å². The predicted octanol–water partition coefficient (Wildman–Crippen LogP) is 3.67. The highest BCUT2D eigenvalue weighted by atomic mass is 16.5. The van der Waals surface area contributed by atoms with Crippen molar-refractivity contribution in [2.75, 3.05) is 0 Å². The van der Waals surface area contributed by atoms with Crippen molar-refractivity contribution in [3.05, 3.63) is 46.4 Å². The van der Waals surface area contributed by atoms with Crippen molar-refractivity contribution < 1.29 is 23.8 Å². The van der Waals surface area contributed by atoms with Gasteiger partial charge in [0, 0.05) is 22.1 Å². The second-order valence-electron chi connectivity index (χ2n) is 7.24. The number of carbonyl (C=O) groups is 2. The molecule has 0 bridgehead atoms. The predicted molar refractivity (Wildman–Crippen MR) is 92.0 cm³/mol. The summed E-state index contributed by atoms with van der Waals surface area (Å²) in [7, 11) is 0. The minimum atomic E-state index is -0.805. The summed E-state index contributed by atoms with van der Waals surface area (Å²) in [6.07, 6.45) is 4.10. The molecule has 0 saturated heterocycles. The van der Waals surface area contributed by atoms with Crippen LogP contribution in [0.4, 0.5) is 0 Å². The van der Waals surface area contributed by atoms with Gasteiger partial charge in [0.15, 0.2) is 5.76 Å². The van der Waals surface area contributed by atoms with Crippen LogP contribution in [0.2, 0.25) is 0 Å². The zero-order valence-corrected chi connectivity index (χ0v) is 15.3. The molecule has 0 amide bonds.